The Hall–Kier alpha value is -1.63. The van der Waals surface area contributed by atoms with E-state index in [4.69, 9.17) is 10.5 Å². The van der Waals surface area contributed by atoms with E-state index >= 15 is 0 Å². The highest BCUT2D eigenvalue weighted by molar-refractivity contribution is 5.33. The van der Waals surface area contributed by atoms with E-state index in [-0.39, 0.29) is 30.5 Å². The molecule has 0 aromatic carbocycles. The van der Waals surface area contributed by atoms with Gasteiger partial charge in [-0.05, 0) is 12.8 Å². The number of anilines is 2. The Morgan fingerprint density at radius 3 is 2.83 bits per heavy atom. The molecule has 1 aliphatic rings. The van der Waals surface area contributed by atoms with Crippen LogP contribution in [-0.4, -0.2) is 39.8 Å². The molecule has 1 saturated carbocycles. The average molecular weight is 253 g/mol. The number of hydrogen-bond acceptors (Lipinski definition) is 7. The van der Waals surface area contributed by atoms with E-state index in [0.29, 0.717) is 5.95 Å². The molecule has 0 radical (unpaired) electrons. The minimum atomic E-state index is 0.126. The number of nitrogen functional groups attached to an aromatic ring is 1. The summed E-state index contributed by atoms with van der Waals surface area (Å²) in [4.78, 5) is 12.0. The molecular formula is C11H19N5O2. The molecule has 18 heavy (non-hydrogen) atoms. The third-order valence-electron chi connectivity index (χ3n) is 3.27. The number of rotatable bonds is 4. The van der Waals surface area contributed by atoms with Crippen LogP contribution in [0.2, 0.25) is 0 Å². The van der Waals surface area contributed by atoms with Crippen molar-refractivity contribution in [3.05, 3.63) is 0 Å². The first kappa shape index (κ1) is 12.8. The second kappa shape index (κ2) is 5.81. The molecule has 1 aliphatic carbocycles. The smallest absolute Gasteiger partial charge is 0.322 e. The molecule has 2 rings (SSSR count). The van der Waals surface area contributed by atoms with Crippen LogP contribution in [0.5, 0.6) is 6.01 Å². The van der Waals surface area contributed by atoms with Crippen LogP contribution in [0, 0.1) is 5.92 Å². The third kappa shape index (κ3) is 2.98. The zero-order valence-corrected chi connectivity index (χ0v) is 10.5. The van der Waals surface area contributed by atoms with Gasteiger partial charge in [0.2, 0.25) is 11.9 Å². The van der Waals surface area contributed by atoms with Crippen LogP contribution in [0.1, 0.15) is 25.7 Å². The maximum atomic E-state index is 9.35. The van der Waals surface area contributed by atoms with Crippen LogP contribution in [0.3, 0.4) is 0 Å². The van der Waals surface area contributed by atoms with Gasteiger partial charge in [0.25, 0.3) is 0 Å². The first-order chi connectivity index (χ1) is 8.72. The molecule has 2 unspecified atom stereocenters. The zero-order chi connectivity index (χ0) is 13.0. The van der Waals surface area contributed by atoms with Crippen molar-refractivity contribution in [3.63, 3.8) is 0 Å². The van der Waals surface area contributed by atoms with E-state index in [2.05, 4.69) is 20.3 Å². The Bertz CT molecular complexity index is 401. The van der Waals surface area contributed by atoms with Gasteiger partial charge in [-0.15, -0.1) is 0 Å². The van der Waals surface area contributed by atoms with Crippen molar-refractivity contribution in [1.82, 2.24) is 15.0 Å². The van der Waals surface area contributed by atoms with Gasteiger partial charge in [-0.25, -0.2) is 0 Å². The van der Waals surface area contributed by atoms with Crippen molar-refractivity contribution >= 4 is 11.9 Å². The van der Waals surface area contributed by atoms with Crippen molar-refractivity contribution in [1.29, 1.82) is 0 Å². The first-order valence-corrected chi connectivity index (χ1v) is 6.16. The summed E-state index contributed by atoms with van der Waals surface area (Å²) in [5, 5.41) is 12.6. The van der Waals surface area contributed by atoms with E-state index in [9.17, 15) is 5.11 Å². The van der Waals surface area contributed by atoms with E-state index in [1.54, 1.807) is 0 Å². The zero-order valence-electron chi connectivity index (χ0n) is 10.5. The summed E-state index contributed by atoms with van der Waals surface area (Å²) in [5.41, 5.74) is 5.58. The predicted molar refractivity (Wildman–Crippen MR) is 67.2 cm³/mol. The SMILES string of the molecule is COc1nc(N)nc(NC2CCCCC2CO)n1. The largest absolute Gasteiger partial charge is 0.467 e. The topological polar surface area (TPSA) is 106 Å². The standard InChI is InChI=1S/C11H19N5O2/c1-18-11-15-9(12)14-10(16-11)13-8-5-3-2-4-7(8)6-17/h7-8,17H,2-6H2,1H3,(H3,12,13,14,15,16). The van der Waals surface area contributed by atoms with Gasteiger partial charge >= 0.3 is 6.01 Å². The second-order valence-electron chi connectivity index (χ2n) is 4.48. The normalized spacial score (nSPS) is 23.7. The lowest BCUT2D eigenvalue weighted by molar-refractivity contribution is 0.178. The molecule has 0 amide bonds. The van der Waals surface area contributed by atoms with Gasteiger partial charge in [0.1, 0.15) is 0 Å². The van der Waals surface area contributed by atoms with Gasteiger partial charge in [0.15, 0.2) is 0 Å². The van der Waals surface area contributed by atoms with Gasteiger partial charge < -0.3 is 20.9 Å². The Kier molecular flexibility index (Phi) is 4.14. The Morgan fingerprint density at radius 1 is 1.33 bits per heavy atom. The average Bonchev–Trinajstić information content (AvgIpc) is 2.38. The minimum absolute atomic E-state index is 0.126. The lowest BCUT2D eigenvalue weighted by Gasteiger charge is -2.30. The summed E-state index contributed by atoms with van der Waals surface area (Å²) < 4.78 is 4.95. The summed E-state index contributed by atoms with van der Waals surface area (Å²) >= 11 is 0. The van der Waals surface area contributed by atoms with Crippen LogP contribution in [-0.2, 0) is 0 Å². The lowest BCUT2D eigenvalue weighted by Crippen LogP contribution is -2.35. The minimum Gasteiger partial charge on any atom is -0.467 e. The number of aliphatic hydroxyl groups excluding tert-OH is 1. The molecule has 0 bridgehead atoms. The maximum absolute atomic E-state index is 9.35. The summed E-state index contributed by atoms with van der Waals surface area (Å²) in [5.74, 6) is 0.771. The van der Waals surface area contributed by atoms with Crippen LogP contribution in [0.25, 0.3) is 0 Å². The molecule has 7 nitrogen and oxygen atoms in total. The van der Waals surface area contributed by atoms with E-state index in [0.717, 1.165) is 25.7 Å². The highest BCUT2D eigenvalue weighted by Gasteiger charge is 2.25. The number of nitrogens with one attached hydrogen (secondary N) is 1. The van der Waals surface area contributed by atoms with Gasteiger partial charge in [0.05, 0.1) is 7.11 Å². The molecule has 1 fully saturated rings. The molecule has 1 heterocycles. The maximum Gasteiger partial charge on any atom is 0.322 e. The molecule has 1 aromatic heterocycles. The van der Waals surface area contributed by atoms with Crippen LogP contribution >= 0.6 is 0 Å². The van der Waals surface area contributed by atoms with Crippen LogP contribution in [0.4, 0.5) is 11.9 Å². The second-order valence-corrected chi connectivity index (χ2v) is 4.48. The van der Waals surface area contributed by atoms with E-state index in [1.807, 2.05) is 0 Å². The highest BCUT2D eigenvalue weighted by Crippen LogP contribution is 2.26. The third-order valence-corrected chi connectivity index (χ3v) is 3.27. The fraction of sp³-hybridized carbons (Fsp3) is 0.727. The summed E-state index contributed by atoms with van der Waals surface area (Å²) in [6.45, 7) is 0.176. The van der Waals surface area contributed by atoms with Crippen LogP contribution in [0.15, 0.2) is 0 Å². The van der Waals surface area contributed by atoms with Crippen molar-refractivity contribution < 1.29 is 9.84 Å². The molecule has 7 heteroatoms. The molecular weight excluding hydrogens is 234 g/mol. The number of aliphatic hydroxyl groups is 1. The van der Waals surface area contributed by atoms with Crippen LogP contribution < -0.4 is 15.8 Å². The van der Waals surface area contributed by atoms with E-state index < -0.39 is 0 Å². The molecule has 1 aromatic rings. The molecule has 100 valence electrons. The number of aromatic nitrogens is 3. The molecule has 4 N–H and O–H groups in total. The van der Waals surface area contributed by atoms with Gasteiger partial charge in [-0.3, -0.25) is 0 Å². The number of nitrogens with zero attached hydrogens (tertiary/aromatic N) is 3. The number of methoxy groups -OCH3 is 1. The number of nitrogens with two attached hydrogens (primary N) is 1. The fourth-order valence-corrected chi connectivity index (χ4v) is 2.31. The summed E-state index contributed by atoms with van der Waals surface area (Å²) in [6.07, 6.45) is 4.32. The Labute approximate surface area is 106 Å². The monoisotopic (exact) mass is 253 g/mol. The number of ether oxygens (including phenoxy) is 1. The van der Waals surface area contributed by atoms with Gasteiger partial charge in [-0.2, -0.15) is 15.0 Å². The Balaban J connectivity index is 2.09. The van der Waals surface area contributed by atoms with Gasteiger partial charge in [0, 0.05) is 18.6 Å². The van der Waals surface area contributed by atoms with Crippen molar-refractivity contribution in [2.24, 2.45) is 5.92 Å². The summed E-state index contributed by atoms with van der Waals surface area (Å²) in [7, 11) is 1.48. The molecule has 0 spiro atoms. The fourth-order valence-electron chi connectivity index (χ4n) is 2.31. The highest BCUT2D eigenvalue weighted by atomic mass is 16.5. The van der Waals surface area contributed by atoms with Crippen molar-refractivity contribution in [3.8, 4) is 6.01 Å². The van der Waals surface area contributed by atoms with E-state index in [1.165, 1.54) is 7.11 Å². The van der Waals surface area contributed by atoms with Crippen molar-refractivity contribution in [2.45, 2.75) is 31.7 Å². The Morgan fingerprint density at radius 2 is 2.11 bits per heavy atom. The van der Waals surface area contributed by atoms with Gasteiger partial charge in [-0.1, -0.05) is 12.8 Å². The predicted octanol–water partition coefficient (Wildman–Crippen LogP) is 0.425. The molecule has 0 aliphatic heterocycles. The lowest BCUT2D eigenvalue weighted by atomic mass is 9.85. The number of hydrogen-bond donors (Lipinski definition) is 3. The quantitative estimate of drug-likeness (QED) is 0.714. The first-order valence-electron chi connectivity index (χ1n) is 6.16. The molecule has 0 saturated heterocycles. The van der Waals surface area contributed by atoms with Crippen molar-refractivity contribution in [2.75, 3.05) is 24.8 Å². The summed E-state index contributed by atoms with van der Waals surface area (Å²) in [6, 6.07) is 0.372. The molecule has 2 atom stereocenters.